The number of benzene rings is 1. The van der Waals surface area contributed by atoms with Crippen molar-refractivity contribution in [1.29, 1.82) is 0 Å². The van der Waals surface area contributed by atoms with Crippen LogP contribution in [0.15, 0.2) is 24.3 Å². The van der Waals surface area contributed by atoms with Crippen LogP contribution in [0.3, 0.4) is 0 Å². The molecular formula is C12H12F3NO4. The third kappa shape index (κ3) is 6.62. The molecule has 0 heterocycles. The SMILES string of the molecule is O=C(O)COc1cccc(NC(=O)CCC(F)(F)F)c1. The predicted octanol–water partition coefficient (Wildman–Crippen LogP) is 2.43. The summed E-state index contributed by atoms with van der Waals surface area (Å²) >= 11 is 0. The molecule has 0 radical (unpaired) electrons. The van der Waals surface area contributed by atoms with Crippen LogP contribution in [0.25, 0.3) is 0 Å². The van der Waals surface area contributed by atoms with Gasteiger partial charge < -0.3 is 15.2 Å². The topological polar surface area (TPSA) is 75.6 Å². The van der Waals surface area contributed by atoms with Crippen LogP contribution in [0.2, 0.25) is 0 Å². The molecule has 110 valence electrons. The minimum atomic E-state index is -4.39. The van der Waals surface area contributed by atoms with Gasteiger partial charge in [0.05, 0.1) is 6.42 Å². The smallest absolute Gasteiger partial charge is 0.389 e. The van der Waals surface area contributed by atoms with Gasteiger partial charge in [0.2, 0.25) is 5.91 Å². The molecule has 5 nitrogen and oxygen atoms in total. The standard InChI is InChI=1S/C12H12F3NO4/c13-12(14,15)5-4-10(17)16-8-2-1-3-9(6-8)20-7-11(18)19/h1-3,6H,4-5,7H2,(H,16,17)(H,18,19). The summed E-state index contributed by atoms with van der Waals surface area (Å²) < 4.78 is 40.7. The zero-order valence-electron chi connectivity index (χ0n) is 10.2. The Hall–Kier alpha value is -2.25. The molecule has 0 aliphatic heterocycles. The number of hydrogen-bond acceptors (Lipinski definition) is 3. The average Bonchev–Trinajstić information content (AvgIpc) is 2.34. The Bertz CT molecular complexity index is 488. The van der Waals surface area contributed by atoms with E-state index >= 15 is 0 Å². The lowest BCUT2D eigenvalue weighted by Gasteiger charge is -2.09. The molecular weight excluding hydrogens is 279 g/mol. The number of rotatable bonds is 6. The fourth-order valence-electron chi connectivity index (χ4n) is 1.29. The van der Waals surface area contributed by atoms with Crippen molar-refractivity contribution < 1.29 is 32.6 Å². The van der Waals surface area contributed by atoms with Gasteiger partial charge >= 0.3 is 12.1 Å². The second kappa shape index (κ2) is 6.78. The molecule has 1 aromatic rings. The Labute approximate surface area is 112 Å². The molecule has 0 spiro atoms. The van der Waals surface area contributed by atoms with Crippen LogP contribution >= 0.6 is 0 Å². The maximum Gasteiger partial charge on any atom is 0.389 e. The number of halogens is 3. The molecule has 0 unspecified atom stereocenters. The molecule has 0 fully saturated rings. The Balaban J connectivity index is 2.53. The number of anilines is 1. The largest absolute Gasteiger partial charge is 0.482 e. The van der Waals surface area contributed by atoms with Gasteiger partial charge in [0.1, 0.15) is 5.75 Å². The van der Waals surface area contributed by atoms with E-state index in [1.54, 1.807) is 0 Å². The average molecular weight is 291 g/mol. The number of carbonyl (C=O) groups is 2. The van der Waals surface area contributed by atoms with Gasteiger partial charge in [0.25, 0.3) is 0 Å². The first-order chi connectivity index (χ1) is 9.26. The van der Waals surface area contributed by atoms with E-state index in [0.717, 1.165) is 0 Å². The highest BCUT2D eigenvalue weighted by molar-refractivity contribution is 5.90. The molecule has 0 aliphatic rings. The minimum absolute atomic E-state index is 0.195. The number of ether oxygens (including phenoxy) is 1. The molecule has 20 heavy (non-hydrogen) atoms. The first kappa shape index (κ1) is 15.8. The Kier molecular flexibility index (Phi) is 5.36. The number of hydrogen-bond donors (Lipinski definition) is 2. The summed E-state index contributed by atoms with van der Waals surface area (Å²) in [5.74, 6) is -1.75. The van der Waals surface area contributed by atoms with Gasteiger partial charge in [-0.15, -0.1) is 0 Å². The Morgan fingerprint density at radius 3 is 2.60 bits per heavy atom. The van der Waals surface area contributed by atoms with E-state index in [1.165, 1.54) is 24.3 Å². The van der Waals surface area contributed by atoms with Crippen LogP contribution in [0.4, 0.5) is 18.9 Å². The molecule has 1 amide bonds. The van der Waals surface area contributed by atoms with Gasteiger partial charge in [-0.25, -0.2) is 4.79 Å². The van der Waals surface area contributed by atoms with Crippen molar-refractivity contribution in [3.8, 4) is 5.75 Å². The highest BCUT2D eigenvalue weighted by atomic mass is 19.4. The summed E-state index contributed by atoms with van der Waals surface area (Å²) in [5, 5.41) is 10.7. The number of alkyl halides is 3. The van der Waals surface area contributed by atoms with E-state index in [-0.39, 0.29) is 11.4 Å². The first-order valence-corrected chi connectivity index (χ1v) is 5.57. The first-order valence-electron chi connectivity index (χ1n) is 5.57. The van der Waals surface area contributed by atoms with Crippen molar-refractivity contribution in [2.24, 2.45) is 0 Å². The van der Waals surface area contributed by atoms with E-state index in [4.69, 9.17) is 9.84 Å². The van der Waals surface area contributed by atoms with Crippen molar-refractivity contribution in [2.75, 3.05) is 11.9 Å². The molecule has 1 rings (SSSR count). The number of carboxylic acid groups (broad SMARTS) is 1. The summed E-state index contributed by atoms with van der Waals surface area (Å²) in [4.78, 5) is 21.6. The van der Waals surface area contributed by atoms with Gasteiger partial charge in [-0.3, -0.25) is 4.79 Å². The van der Waals surface area contributed by atoms with Crippen LogP contribution in [0.1, 0.15) is 12.8 Å². The van der Waals surface area contributed by atoms with E-state index < -0.39 is 37.5 Å². The minimum Gasteiger partial charge on any atom is -0.482 e. The predicted molar refractivity (Wildman–Crippen MR) is 63.5 cm³/mol. The van der Waals surface area contributed by atoms with Crippen LogP contribution in [-0.2, 0) is 9.59 Å². The zero-order valence-corrected chi connectivity index (χ0v) is 10.2. The summed E-state index contributed by atoms with van der Waals surface area (Å²) in [6.07, 6.45) is -6.26. The molecule has 8 heteroatoms. The van der Waals surface area contributed by atoms with Gasteiger partial charge in [-0.05, 0) is 12.1 Å². The molecule has 0 aromatic heterocycles. The molecule has 0 bridgehead atoms. The van der Waals surface area contributed by atoms with Crippen molar-refractivity contribution in [3.05, 3.63) is 24.3 Å². The molecule has 0 aliphatic carbocycles. The Morgan fingerprint density at radius 2 is 2.00 bits per heavy atom. The van der Waals surface area contributed by atoms with Gasteiger partial charge in [0, 0.05) is 18.2 Å². The van der Waals surface area contributed by atoms with Gasteiger partial charge in [0.15, 0.2) is 6.61 Å². The van der Waals surface area contributed by atoms with Crippen molar-refractivity contribution in [3.63, 3.8) is 0 Å². The third-order valence-electron chi connectivity index (χ3n) is 2.12. The van der Waals surface area contributed by atoms with Crippen LogP contribution < -0.4 is 10.1 Å². The lowest BCUT2D eigenvalue weighted by molar-refractivity contribution is -0.142. The summed E-state index contributed by atoms with van der Waals surface area (Å²) in [5.41, 5.74) is 0.236. The molecule has 0 atom stereocenters. The lowest BCUT2D eigenvalue weighted by Crippen LogP contribution is -2.16. The summed E-state index contributed by atoms with van der Waals surface area (Å²) in [6, 6.07) is 5.73. The van der Waals surface area contributed by atoms with E-state index in [9.17, 15) is 22.8 Å². The monoisotopic (exact) mass is 291 g/mol. The normalized spacial score (nSPS) is 10.9. The quantitative estimate of drug-likeness (QED) is 0.844. The van der Waals surface area contributed by atoms with Crippen LogP contribution in [-0.4, -0.2) is 29.8 Å². The van der Waals surface area contributed by atoms with Crippen molar-refractivity contribution in [2.45, 2.75) is 19.0 Å². The number of carboxylic acids is 1. The van der Waals surface area contributed by atoms with Crippen molar-refractivity contribution in [1.82, 2.24) is 0 Å². The summed E-state index contributed by atoms with van der Waals surface area (Å²) in [7, 11) is 0. The number of carbonyl (C=O) groups excluding carboxylic acids is 1. The molecule has 2 N–H and O–H groups in total. The van der Waals surface area contributed by atoms with Crippen molar-refractivity contribution >= 4 is 17.6 Å². The molecule has 0 saturated carbocycles. The fraction of sp³-hybridized carbons (Fsp3) is 0.333. The summed E-state index contributed by atoms with van der Waals surface area (Å²) in [6.45, 7) is -0.550. The lowest BCUT2D eigenvalue weighted by atomic mass is 10.2. The molecule has 1 aromatic carbocycles. The zero-order chi connectivity index (χ0) is 15.2. The second-order valence-electron chi connectivity index (χ2n) is 3.87. The van der Waals surface area contributed by atoms with Gasteiger partial charge in [-0.2, -0.15) is 13.2 Å². The number of amides is 1. The fourth-order valence-corrected chi connectivity index (χ4v) is 1.29. The third-order valence-corrected chi connectivity index (χ3v) is 2.12. The molecule has 0 saturated heterocycles. The van der Waals surface area contributed by atoms with E-state index in [2.05, 4.69) is 5.32 Å². The van der Waals surface area contributed by atoms with E-state index in [1.807, 2.05) is 0 Å². The van der Waals surface area contributed by atoms with Gasteiger partial charge in [-0.1, -0.05) is 6.07 Å². The maximum atomic E-state index is 11.9. The maximum absolute atomic E-state index is 11.9. The van der Waals surface area contributed by atoms with E-state index in [0.29, 0.717) is 0 Å². The van der Waals surface area contributed by atoms with Crippen LogP contribution in [0, 0.1) is 0 Å². The Morgan fingerprint density at radius 1 is 1.30 bits per heavy atom. The number of nitrogens with one attached hydrogen (secondary N) is 1. The second-order valence-corrected chi connectivity index (χ2v) is 3.87. The highest BCUT2D eigenvalue weighted by Crippen LogP contribution is 2.22. The number of aliphatic carboxylic acids is 1. The van der Waals surface area contributed by atoms with Crippen LogP contribution in [0.5, 0.6) is 5.75 Å². The highest BCUT2D eigenvalue weighted by Gasteiger charge is 2.27.